The Morgan fingerprint density at radius 2 is 1.39 bits per heavy atom. The first kappa shape index (κ1) is 73.3. The summed E-state index contributed by atoms with van der Waals surface area (Å²) in [5.74, 6) is -10.6. The summed E-state index contributed by atoms with van der Waals surface area (Å²) in [7, 11) is 6.06. The number of likely N-dealkylation sites (N-methyl/N-ethyl adjacent to an activating group) is 2. The molecule has 10 atom stereocenters. The van der Waals surface area contributed by atoms with Crippen LogP contribution in [0.25, 0.3) is 0 Å². The average Bonchev–Trinajstić information content (AvgIpc) is 3.95. The van der Waals surface area contributed by atoms with Crippen LogP contribution in [-0.2, 0) is 68.6 Å². The minimum Gasteiger partial charge on any atom is -0.481 e. The summed E-state index contributed by atoms with van der Waals surface area (Å²) in [5, 5.41) is 32.7. The van der Waals surface area contributed by atoms with Crippen molar-refractivity contribution >= 4 is 88.4 Å². The first-order valence-electron chi connectivity index (χ1n) is 28.4. The maximum absolute atomic E-state index is 14.8. The molecule has 1 aromatic rings. The van der Waals surface area contributed by atoms with Crippen LogP contribution in [0.2, 0.25) is 0 Å². The third-order valence-electron chi connectivity index (χ3n) is 15.7. The molecule has 22 nitrogen and oxygen atoms in total. The minimum absolute atomic E-state index is 0.0823. The quantitative estimate of drug-likeness (QED) is 0.0547. The molecule has 1 aromatic carbocycles. The highest BCUT2D eigenvalue weighted by atomic mass is 32.2. The first-order chi connectivity index (χ1) is 39.1. The van der Waals surface area contributed by atoms with Crippen molar-refractivity contribution in [3.8, 4) is 0 Å². The summed E-state index contributed by atoms with van der Waals surface area (Å²) in [6.07, 6.45) is 2.70. The Hall–Kier alpha value is -5.85. The van der Waals surface area contributed by atoms with E-state index in [1.807, 2.05) is 58.0 Å². The van der Waals surface area contributed by atoms with Crippen LogP contribution in [0.1, 0.15) is 112 Å². The number of benzene rings is 1. The van der Waals surface area contributed by atoms with Gasteiger partial charge in [-0.15, -0.1) is 11.8 Å². The third-order valence-corrected chi connectivity index (χ3v) is 17.4. The van der Waals surface area contributed by atoms with E-state index in [4.69, 9.17) is 14.6 Å². The highest BCUT2D eigenvalue weighted by Gasteiger charge is 2.44. The van der Waals surface area contributed by atoms with Crippen molar-refractivity contribution in [2.24, 2.45) is 35.5 Å². The molecule has 0 bridgehead atoms. The van der Waals surface area contributed by atoms with Crippen LogP contribution in [0.15, 0.2) is 41.3 Å². The molecule has 0 radical (unpaired) electrons. The fourth-order valence-electron chi connectivity index (χ4n) is 10.8. The van der Waals surface area contributed by atoms with Gasteiger partial charge in [-0.05, 0) is 55.1 Å². The van der Waals surface area contributed by atoms with Gasteiger partial charge in [0.25, 0.3) is 5.91 Å². The van der Waals surface area contributed by atoms with Crippen LogP contribution in [0.5, 0.6) is 0 Å². The number of methoxy groups -OCH3 is 2. The molecule has 1 saturated heterocycles. The third kappa shape index (κ3) is 22.9. The number of hydrogen-bond donors (Lipinski definition) is 5. The van der Waals surface area contributed by atoms with E-state index >= 15 is 0 Å². The van der Waals surface area contributed by atoms with Crippen LogP contribution in [0.4, 0.5) is 0 Å². The Morgan fingerprint density at radius 1 is 0.771 bits per heavy atom. The van der Waals surface area contributed by atoms with E-state index in [0.717, 1.165) is 35.2 Å². The van der Waals surface area contributed by atoms with Crippen LogP contribution in [0.3, 0.4) is 0 Å². The summed E-state index contributed by atoms with van der Waals surface area (Å²) in [6, 6.07) is 6.99. The van der Waals surface area contributed by atoms with Gasteiger partial charge in [0.05, 0.1) is 59.2 Å². The normalized spacial score (nSPS) is 16.8. The number of amides is 6. The number of hydrogen-bond acceptors (Lipinski definition) is 15. The molecule has 6 amide bonds. The van der Waals surface area contributed by atoms with Crippen LogP contribution in [0, 0.1) is 35.5 Å². The van der Waals surface area contributed by atoms with E-state index < -0.39 is 107 Å². The second-order valence-corrected chi connectivity index (χ2v) is 23.9. The molecule has 1 fully saturated rings. The maximum Gasteiger partial charge on any atom is 0.329 e. The summed E-state index contributed by atoms with van der Waals surface area (Å²) in [4.78, 5) is 151. The smallest absolute Gasteiger partial charge is 0.329 e. The van der Waals surface area contributed by atoms with Crippen molar-refractivity contribution in [1.82, 2.24) is 30.2 Å². The molecule has 24 heteroatoms. The monoisotopic (exact) mass is 1200 g/mol. The highest BCUT2D eigenvalue weighted by molar-refractivity contribution is 8.03. The second-order valence-electron chi connectivity index (χ2n) is 22.0. The number of rotatable bonds is 39. The zero-order chi connectivity index (χ0) is 62.8. The second kappa shape index (κ2) is 36.8. The van der Waals surface area contributed by atoms with Crippen molar-refractivity contribution in [1.29, 1.82) is 0 Å². The molecule has 1 unspecified atom stereocenters. The topological polar surface area (TPSA) is 304 Å². The highest BCUT2D eigenvalue weighted by Crippen LogP contribution is 2.32. The number of ketones is 2. The predicted molar refractivity (Wildman–Crippen MR) is 317 cm³/mol. The molecular formula is C59H92N6O16S2. The van der Waals surface area contributed by atoms with E-state index in [-0.39, 0.29) is 105 Å². The number of nitrogens with one attached hydrogen (secondary N) is 2. The van der Waals surface area contributed by atoms with Crippen LogP contribution in [-0.4, -0.2) is 209 Å². The first-order valence-corrected chi connectivity index (χ1v) is 30.9. The number of ether oxygens (including phenoxy) is 2. The summed E-state index contributed by atoms with van der Waals surface area (Å²) >= 11 is 1.96. The van der Waals surface area contributed by atoms with E-state index in [1.165, 1.54) is 37.3 Å². The van der Waals surface area contributed by atoms with E-state index in [1.54, 1.807) is 43.9 Å². The number of carboxylic acid groups (broad SMARTS) is 3. The lowest BCUT2D eigenvalue weighted by Crippen LogP contribution is -2.54. The SMILES string of the molecule is CC[C@H](C)[C@@H]([C@@H](CC(=O)N1CCC[C@H]1[C@H](OC)[C@@H](C)C(=O)C[C@@H](Cc1ccccc1)C(=O)O)OC)N(C)C(=O)[C@@H](CC(=O)[C@H](C(C)C)N(C)C(=O)CCC(=O)N(CCNC(=O)/C(=C\C(=O)O)SC)CCNC(=O)C(CC(=O)O)SC)C(C)C. The molecule has 2 rings (SSSR count). The number of nitrogens with zero attached hydrogens (tertiary/aromatic N) is 4. The van der Waals surface area contributed by atoms with Gasteiger partial charge in [-0.2, -0.15) is 11.8 Å². The molecule has 1 aliphatic rings. The van der Waals surface area contributed by atoms with Gasteiger partial charge in [0, 0.05) is 105 Å². The maximum atomic E-state index is 14.8. The van der Waals surface area contributed by atoms with Gasteiger partial charge in [0.1, 0.15) is 5.78 Å². The van der Waals surface area contributed by atoms with E-state index in [0.29, 0.717) is 25.8 Å². The van der Waals surface area contributed by atoms with E-state index in [2.05, 4.69) is 10.6 Å². The molecule has 5 N–H and O–H groups in total. The Bertz CT molecular complexity index is 2390. The molecule has 0 saturated carbocycles. The molecule has 0 aromatic heterocycles. The number of carbonyl (C=O) groups excluding carboxylic acids is 8. The van der Waals surface area contributed by atoms with Gasteiger partial charge >= 0.3 is 17.9 Å². The predicted octanol–water partition coefficient (Wildman–Crippen LogP) is 4.90. The lowest BCUT2D eigenvalue weighted by molar-refractivity contribution is -0.150. The van der Waals surface area contributed by atoms with Crippen molar-refractivity contribution in [2.75, 3.05) is 73.6 Å². The fraction of sp³-hybridized carbons (Fsp3) is 0.678. The Balaban J connectivity index is 2.29. The average molecular weight is 1210 g/mol. The lowest BCUT2D eigenvalue weighted by Gasteiger charge is -2.41. The molecule has 1 aliphatic heterocycles. The number of Topliss-reactive ketones (excluding diaryl/α,β-unsaturated/α-hetero) is 2. The van der Waals surface area contributed by atoms with Gasteiger partial charge in [-0.3, -0.25) is 47.9 Å². The van der Waals surface area contributed by atoms with Crippen molar-refractivity contribution in [3.63, 3.8) is 0 Å². The zero-order valence-corrected chi connectivity index (χ0v) is 52.4. The molecule has 0 spiro atoms. The summed E-state index contributed by atoms with van der Waals surface area (Å²) < 4.78 is 12.0. The largest absolute Gasteiger partial charge is 0.481 e. The minimum atomic E-state index is -1.32. The number of thioether (sulfide) groups is 2. The lowest BCUT2D eigenvalue weighted by atomic mass is 9.83. The van der Waals surface area contributed by atoms with Crippen molar-refractivity contribution in [3.05, 3.63) is 46.9 Å². The number of likely N-dealkylation sites (tertiary alicyclic amines) is 1. The van der Waals surface area contributed by atoms with E-state index in [9.17, 15) is 63.0 Å². The van der Waals surface area contributed by atoms with Gasteiger partial charge in [0.2, 0.25) is 29.5 Å². The Kier molecular flexibility index (Phi) is 32.4. The Labute approximate surface area is 498 Å². The van der Waals surface area contributed by atoms with Gasteiger partial charge in [-0.1, -0.05) is 85.2 Å². The van der Waals surface area contributed by atoms with Gasteiger partial charge < -0.3 is 55.0 Å². The molecule has 83 heavy (non-hydrogen) atoms. The zero-order valence-electron chi connectivity index (χ0n) is 50.8. The summed E-state index contributed by atoms with van der Waals surface area (Å²) in [6.45, 7) is 12.8. The Morgan fingerprint density at radius 3 is 1.90 bits per heavy atom. The standard InChI is InChI=1S/C59H92N6O16S2/c1-14-37(6)54(45(80-10)32-50(70)65-26-18-21-42(65)55(81-11)38(7)43(66)30-40(59(78)79)29-39-19-16-15-17-20-39)63(9)58(77)41(35(2)3)31-44(67)53(36(4)5)62(8)48(68)22-23-49(69)64(27-24-60-56(75)46(82-12)33-51(71)72)28-25-61-57(76)47(83-13)34-52(73)74/h15-17,19-20,33,35-38,40-42,45,47,53-55H,14,18,21-32,34H2,1-13H3,(H,60,75)(H,61,76)(H,71,72)(H,73,74)(H,78,79)/b46-33+/t37-,38-,40+,41-,42-,45+,47?,53-,54-,55+/m0/s1. The molecule has 0 aliphatic carbocycles. The fourth-order valence-corrected chi connectivity index (χ4v) is 11.9. The van der Waals surface area contributed by atoms with Crippen LogP contribution >= 0.6 is 23.5 Å². The molecule has 466 valence electrons. The van der Waals surface area contributed by atoms with Crippen molar-refractivity contribution < 1.29 is 77.5 Å². The molecular weight excluding hydrogens is 1110 g/mol. The number of carboxylic acids is 3. The van der Waals surface area contributed by atoms with Gasteiger partial charge in [0.15, 0.2) is 5.78 Å². The molecule has 1 heterocycles. The number of carbonyl (C=O) groups is 11. The van der Waals surface area contributed by atoms with Crippen LogP contribution < -0.4 is 10.6 Å². The van der Waals surface area contributed by atoms with Crippen molar-refractivity contribution in [2.45, 2.75) is 148 Å². The number of aliphatic carboxylic acids is 3. The van der Waals surface area contributed by atoms with Gasteiger partial charge in [-0.25, -0.2) is 4.79 Å². The summed E-state index contributed by atoms with van der Waals surface area (Å²) in [5.41, 5.74) is 0.801.